The number of methoxy groups -OCH3 is 1. The molecule has 7 nitrogen and oxygen atoms in total. The first-order valence-electron chi connectivity index (χ1n) is 6.14. The van der Waals surface area contributed by atoms with Gasteiger partial charge < -0.3 is 14.9 Å². The minimum atomic E-state index is -0.357. The summed E-state index contributed by atoms with van der Waals surface area (Å²) in [7, 11) is 1.54. The highest BCUT2D eigenvalue weighted by Gasteiger charge is 2.18. The first-order valence-corrected chi connectivity index (χ1v) is 6.14. The van der Waals surface area contributed by atoms with E-state index in [0.29, 0.717) is 17.4 Å². The Hall–Kier alpha value is -3.09. The number of hydrogen-bond acceptors (Lipinski definition) is 6. The van der Waals surface area contributed by atoms with Crippen LogP contribution in [-0.2, 0) is 4.79 Å². The molecule has 0 atom stereocenters. The Balaban J connectivity index is 1.94. The largest absolute Gasteiger partial charge is 0.480 e. The van der Waals surface area contributed by atoms with Crippen LogP contribution in [0.1, 0.15) is 5.76 Å². The van der Waals surface area contributed by atoms with Crippen molar-refractivity contribution in [3.63, 3.8) is 0 Å². The molecule has 3 heterocycles. The van der Waals surface area contributed by atoms with E-state index in [2.05, 4.69) is 15.3 Å². The van der Waals surface area contributed by atoms with Crippen LogP contribution in [-0.4, -0.2) is 24.0 Å². The van der Waals surface area contributed by atoms with Gasteiger partial charge in [0.1, 0.15) is 17.2 Å². The first kappa shape index (κ1) is 12.9. The van der Waals surface area contributed by atoms with Crippen LogP contribution >= 0.6 is 0 Å². The van der Waals surface area contributed by atoms with E-state index in [-0.39, 0.29) is 17.6 Å². The molecule has 1 amide bonds. The lowest BCUT2D eigenvalue weighted by molar-refractivity contribution is -0.115. The zero-order valence-corrected chi connectivity index (χ0v) is 11.2. The molecule has 0 aliphatic carbocycles. The Kier molecular flexibility index (Phi) is 3.15. The van der Waals surface area contributed by atoms with Crippen LogP contribution in [0, 0.1) is 0 Å². The maximum atomic E-state index is 11.5. The van der Waals surface area contributed by atoms with Crippen LogP contribution in [0.5, 0.6) is 5.88 Å². The zero-order chi connectivity index (χ0) is 14.8. The number of nitrogens with two attached hydrogens (primary N) is 1. The van der Waals surface area contributed by atoms with Gasteiger partial charge in [-0.05, 0) is 24.3 Å². The van der Waals surface area contributed by atoms with E-state index < -0.39 is 0 Å². The quantitative estimate of drug-likeness (QED) is 0.822. The molecule has 3 N–H and O–H groups in total. The number of amides is 1. The molecule has 0 spiro atoms. The molecule has 7 heteroatoms. The van der Waals surface area contributed by atoms with Gasteiger partial charge in [-0.2, -0.15) is 0 Å². The van der Waals surface area contributed by atoms with Gasteiger partial charge in [0.05, 0.1) is 12.7 Å². The van der Waals surface area contributed by atoms with E-state index in [4.69, 9.17) is 14.9 Å². The van der Waals surface area contributed by atoms with Gasteiger partial charge in [-0.3, -0.25) is 10.1 Å². The number of nitrogens with zero attached hydrogens (tertiary/aromatic N) is 2. The standard InChI is InChI=1S/C14H12N4O3/c1-20-13-9(3-2-6-16-13)11-5-4-8(21-11)7-10-12(19)18-14(15)17-10/h2-7H,1H3,(H3,15,17,18,19). The summed E-state index contributed by atoms with van der Waals surface area (Å²) in [5.74, 6) is 1.25. The molecule has 3 rings (SSSR count). The topological polar surface area (TPSA) is 103 Å². The summed E-state index contributed by atoms with van der Waals surface area (Å²) in [4.78, 5) is 19.5. The molecule has 1 aliphatic heterocycles. The fourth-order valence-electron chi connectivity index (χ4n) is 1.94. The van der Waals surface area contributed by atoms with Crippen molar-refractivity contribution in [1.29, 1.82) is 0 Å². The fraction of sp³-hybridized carbons (Fsp3) is 0.0714. The van der Waals surface area contributed by atoms with Crippen molar-refractivity contribution in [2.45, 2.75) is 0 Å². The number of carbonyl (C=O) groups excluding carboxylic acids is 1. The Morgan fingerprint density at radius 3 is 2.95 bits per heavy atom. The molecule has 21 heavy (non-hydrogen) atoms. The Labute approximate surface area is 120 Å². The third-order valence-corrected chi connectivity index (χ3v) is 2.85. The smallest absolute Gasteiger partial charge is 0.276 e. The number of guanidine groups is 1. The highest BCUT2D eigenvalue weighted by Crippen LogP contribution is 2.29. The van der Waals surface area contributed by atoms with Crippen molar-refractivity contribution in [2.75, 3.05) is 7.11 Å². The predicted octanol–water partition coefficient (Wildman–Crippen LogP) is 1.14. The summed E-state index contributed by atoms with van der Waals surface area (Å²) in [6, 6.07) is 7.12. The number of nitrogens with one attached hydrogen (secondary N) is 1. The summed E-state index contributed by atoms with van der Waals surface area (Å²) >= 11 is 0. The molecule has 0 bridgehead atoms. The molecule has 0 radical (unpaired) electrons. The maximum absolute atomic E-state index is 11.5. The second-order valence-electron chi connectivity index (χ2n) is 4.24. The average Bonchev–Trinajstić information content (AvgIpc) is 3.06. The summed E-state index contributed by atoms with van der Waals surface area (Å²) in [6.07, 6.45) is 3.15. The van der Waals surface area contributed by atoms with Gasteiger partial charge in [-0.15, -0.1) is 0 Å². The van der Waals surface area contributed by atoms with Gasteiger partial charge in [0, 0.05) is 12.3 Å². The van der Waals surface area contributed by atoms with E-state index in [1.807, 2.05) is 6.07 Å². The second kappa shape index (κ2) is 5.12. The van der Waals surface area contributed by atoms with Crippen molar-refractivity contribution in [2.24, 2.45) is 10.7 Å². The number of pyridine rings is 1. The van der Waals surface area contributed by atoms with E-state index >= 15 is 0 Å². The van der Waals surface area contributed by atoms with Crippen LogP contribution in [0.4, 0.5) is 0 Å². The van der Waals surface area contributed by atoms with E-state index in [1.54, 1.807) is 24.4 Å². The highest BCUT2D eigenvalue weighted by atomic mass is 16.5. The van der Waals surface area contributed by atoms with Crippen LogP contribution in [0.15, 0.2) is 45.6 Å². The van der Waals surface area contributed by atoms with Crippen LogP contribution in [0.3, 0.4) is 0 Å². The third-order valence-electron chi connectivity index (χ3n) is 2.85. The predicted molar refractivity (Wildman–Crippen MR) is 76.2 cm³/mol. The summed E-state index contributed by atoms with van der Waals surface area (Å²) in [6.45, 7) is 0. The van der Waals surface area contributed by atoms with Gasteiger partial charge in [0.25, 0.3) is 5.91 Å². The van der Waals surface area contributed by atoms with Crippen LogP contribution < -0.4 is 15.8 Å². The molecular formula is C14H12N4O3. The molecule has 2 aromatic rings. The number of hydrogen-bond donors (Lipinski definition) is 2. The normalized spacial score (nSPS) is 16.0. The summed E-state index contributed by atoms with van der Waals surface area (Å²) < 4.78 is 10.9. The molecule has 0 unspecified atom stereocenters. The van der Waals surface area contributed by atoms with Crippen molar-refractivity contribution in [1.82, 2.24) is 10.3 Å². The number of furan rings is 1. The van der Waals surface area contributed by atoms with Crippen molar-refractivity contribution in [3.05, 3.63) is 41.9 Å². The zero-order valence-electron chi connectivity index (χ0n) is 11.2. The van der Waals surface area contributed by atoms with E-state index in [9.17, 15) is 4.79 Å². The molecule has 2 aromatic heterocycles. The second-order valence-corrected chi connectivity index (χ2v) is 4.24. The number of carbonyl (C=O) groups is 1. The monoisotopic (exact) mass is 284 g/mol. The molecule has 0 fully saturated rings. The number of ether oxygens (including phenoxy) is 1. The molecule has 0 aromatic carbocycles. The third kappa shape index (κ3) is 2.48. The van der Waals surface area contributed by atoms with Crippen molar-refractivity contribution < 1.29 is 13.9 Å². The van der Waals surface area contributed by atoms with E-state index in [0.717, 1.165) is 5.56 Å². The highest BCUT2D eigenvalue weighted by molar-refractivity contribution is 6.13. The fourth-order valence-corrected chi connectivity index (χ4v) is 1.94. The minimum absolute atomic E-state index is 0.0759. The minimum Gasteiger partial charge on any atom is -0.480 e. The van der Waals surface area contributed by atoms with Gasteiger partial charge in [-0.1, -0.05) is 0 Å². The van der Waals surface area contributed by atoms with Crippen LogP contribution in [0.25, 0.3) is 17.4 Å². The molecule has 0 saturated heterocycles. The van der Waals surface area contributed by atoms with E-state index in [1.165, 1.54) is 13.2 Å². The maximum Gasteiger partial charge on any atom is 0.276 e. The van der Waals surface area contributed by atoms with Crippen LogP contribution in [0.2, 0.25) is 0 Å². The summed E-state index contributed by atoms with van der Waals surface area (Å²) in [5, 5.41) is 2.39. The number of rotatable bonds is 3. The SMILES string of the molecule is COc1ncccc1-c1ccc(C=C2N=C(N)NC2=O)o1. The lowest BCUT2D eigenvalue weighted by Crippen LogP contribution is -2.30. The average molecular weight is 284 g/mol. The number of aromatic nitrogens is 1. The molecule has 1 aliphatic rings. The Morgan fingerprint density at radius 2 is 2.24 bits per heavy atom. The lowest BCUT2D eigenvalue weighted by atomic mass is 10.2. The molecule has 106 valence electrons. The molecular weight excluding hydrogens is 272 g/mol. The van der Waals surface area contributed by atoms with Gasteiger partial charge in [0.2, 0.25) is 11.8 Å². The summed E-state index contributed by atoms with van der Waals surface area (Å²) in [5.41, 5.74) is 6.35. The Bertz CT molecular complexity index is 761. The lowest BCUT2D eigenvalue weighted by Gasteiger charge is -2.03. The Morgan fingerprint density at radius 1 is 1.38 bits per heavy atom. The van der Waals surface area contributed by atoms with Crippen molar-refractivity contribution >= 4 is 17.9 Å². The van der Waals surface area contributed by atoms with Gasteiger partial charge in [0.15, 0.2) is 0 Å². The molecule has 0 saturated carbocycles. The van der Waals surface area contributed by atoms with Gasteiger partial charge >= 0.3 is 0 Å². The first-order chi connectivity index (χ1) is 10.2. The number of aliphatic imine (C=N–C) groups is 1. The van der Waals surface area contributed by atoms with Crippen molar-refractivity contribution in [3.8, 4) is 17.2 Å². The van der Waals surface area contributed by atoms with Gasteiger partial charge in [-0.25, -0.2) is 9.98 Å².